The first-order valence-corrected chi connectivity index (χ1v) is 35.2. The van der Waals surface area contributed by atoms with Gasteiger partial charge in [0.2, 0.25) is 88.6 Å². The number of amides is 15. The lowest BCUT2D eigenvalue weighted by Gasteiger charge is -2.31. The largest absolute Gasteiger partial charge is 0.524 e. The number of aliphatic carboxylic acids is 3. The van der Waals surface area contributed by atoms with E-state index in [-0.39, 0.29) is 62.4 Å². The van der Waals surface area contributed by atoms with Crippen LogP contribution in [0.1, 0.15) is 123 Å². The van der Waals surface area contributed by atoms with Crippen molar-refractivity contribution in [3.05, 3.63) is 29.8 Å². The van der Waals surface area contributed by atoms with Crippen LogP contribution in [0.3, 0.4) is 0 Å². The molecule has 107 heavy (non-hydrogen) atoms. The van der Waals surface area contributed by atoms with Gasteiger partial charge in [0.25, 0.3) is 0 Å². The summed E-state index contributed by atoms with van der Waals surface area (Å²) in [6, 6.07) is -16.3. The van der Waals surface area contributed by atoms with E-state index in [2.05, 4.69) is 57.7 Å². The first-order chi connectivity index (χ1) is 49.9. The number of rotatable bonds is 46. The number of primary amides is 3. The topological polar surface area (TPSA) is 726 Å². The van der Waals surface area contributed by atoms with E-state index >= 15 is 0 Å². The van der Waals surface area contributed by atoms with E-state index in [1.807, 2.05) is 0 Å². The Labute approximate surface area is 610 Å². The molecule has 2 aliphatic rings. The predicted molar refractivity (Wildman–Crippen MR) is 363 cm³/mol. The van der Waals surface area contributed by atoms with E-state index in [0.29, 0.717) is 0 Å². The highest BCUT2D eigenvalue weighted by atomic mass is 31.2. The molecule has 0 aromatic heterocycles. The zero-order valence-corrected chi connectivity index (χ0v) is 59.7. The molecule has 44 nitrogen and oxygen atoms in total. The van der Waals surface area contributed by atoms with Crippen molar-refractivity contribution in [1.29, 1.82) is 0 Å². The first kappa shape index (κ1) is 90.7. The molecule has 0 bridgehead atoms. The van der Waals surface area contributed by atoms with Crippen LogP contribution in [0.15, 0.2) is 24.3 Å². The van der Waals surface area contributed by atoms with Gasteiger partial charge in [0.15, 0.2) is 0 Å². The lowest BCUT2D eigenvalue weighted by Crippen LogP contribution is -2.62. The number of benzene rings is 1. The molecule has 14 atom stereocenters. The Balaban J connectivity index is 1.97. The molecule has 2 heterocycles. The van der Waals surface area contributed by atoms with Gasteiger partial charge in [-0.25, -0.2) is 9.36 Å². The molecular formula is C62H95N16O28P. The summed E-state index contributed by atoms with van der Waals surface area (Å²) in [5.74, 6) is -22.1. The quantitative estimate of drug-likeness (QED) is 0.0270. The molecule has 3 rings (SSSR count). The van der Waals surface area contributed by atoms with E-state index in [9.17, 15) is 131 Å². The number of phosphoric acid groups is 1. The van der Waals surface area contributed by atoms with E-state index < -0.39 is 276 Å². The summed E-state index contributed by atoms with van der Waals surface area (Å²) >= 11 is 0. The molecule has 0 unspecified atom stereocenters. The van der Waals surface area contributed by atoms with Gasteiger partial charge >= 0.3 is 25.7 Å². The van der Waals surface area contributed by atoms with Crippen LogP contribution in [-0.4, -0.2) is 268 Å². The molecule has 2 aliphatic heterocycles. The highest BCUT2D eigenvalue weighted by Gasteiger charge is 2.43. The minimum Gasteiger partial charge on any atom is -0.481 e. The van der Waals surface area contributed by atoms with Gasteiger partial charge in [0, 0.05) is 45.2 Å². The van der Waals surface area contributed by atoms with Crippen molar-refractivity contribution in [1.82, 2.24) is 63.0 Å². The monoisotopic (exact) mass is 1540 g/mol. The Kier molecular flexibility index (Phi) is 36.6. The summed E-state index contributed by atoms with van der Waals surface area (Å²) in [7, 11) is -5.13. The van der Waals surface area contributed by atoms with E-state index in [1.54, 1.807) is 13.8 Å². The number of nitrogens with two attached hydrogens (primary N) is 4. The Bertz CT molecular complexity index is 3470. The minimum atomic E-state index is -5.13. The lowest BCUT2D eigenvalue weighted by molar-refractivity contribution is -0.144. The van der Waals surface area contributed by atoms with Crippen LogP contribution < -0.4 is 80.6 Å². The number of carbonyl (C=O) groups is 18. The molecule has 2 saturated heterocycles. The van der Waals surface area contributed by atoms with Gasteiger partial charge in [-0.2, -0.15) is 0 Å². The second kappa shape index (κ2) is 43.2. The maximum Gasteiger partial charge on any atom is 0.524 e. The maximum absolute atomic E-state index is 14.8. The number of carbonyl (C=O) groups excluding carboxylic acids is 15. The zero-order chi connectivity index (χ0) is 80.9. The van der Waals surface area contributed by atoms with E-state index in [1.165, 1.54) is 12.1 Å². The van der Waals surface area contributed by atoms with Crippen LogP contribution in [0.25, 0.3) is 0 Å². The Hall–Kier alpha value is -10.5. The third-order valence-electron chi connectivity index (χ3n) is 16.5. The van der Waals surface area contributed by atoms with Crippen molar-refractivity contribution >= 4 is 114 Å². The molecule has 2 fully saturated rings. The van der Waals surface area contributed by atoms with Crippen molar-refractivity contribution in [2.45, 2.75) is 209 Å². The number of hydrogen-bond acceptors (Lipinski definition) is 24. The van der Waals surface area contributed by atoms with E-state index in [0.717, 1.165) is 35.8 Å². The number of aliphatic hydroxyl groups excluding tert-OH is 3. The summed E-state index contributed by atoms with van der Waals surface area (Å²) in [6.07, 6.45) is -10.2. The van der Waals surface area contributed by atoms with Gasteiger partial charge in [-0.1, -0.05) is 26.0 Å². The third-order valence-corrected chi connectivity index (χ3v) is 17.0. The van der Waals surface area contributed by atoms with Crippen LogP contribution in [-0.2, 0) is 97.3 Å². The SMILES string of the molecule is CC(C)C[C@H](NC(=O)[C@H](CC(N)=O)NC(=O)[C@H](CCC(=O)O)NC(=O)CNC(=O)[C@@H]1CCCN1C(=O)[C@H](CCC(N)=O)NC(=O)[C@H](Cc1ccc(OP(=O)(O)O)cc1)NC(=O)[C@H](CCC(N)=O)NC(=O)[C@@H]1CCCN1C(=O)[C@H](CCC(=O)O)NC(=O)[C@@H](NC(=O)[C@H](CO)NC(=O)[C@@H](N)[C@@H](C)O)[C@@H](C)O)C(=O)O. The molecule has 0 radical (unpaired) electrons. The van der Waals surface area contributed by atoms with Gasteiger partial charge in [-0.05, 0) is 95.2 Å². The molecule has 26 N–H and O–H groups in total. The number of hydrogen-bond donors (Lipinski definition) is 22. The molecule has 0 spiro atoms. The minimum absolute atomic E-state index is 0.0597. The van der Waals surface area contributed by atoms with Gasteiger partial charge in [0.05, 0.1) is 31.8 Å². The number of carboxylic acids is 3. The third kappa shape index (κ3) is 31.2. The molecule has 1 aromatic rings. The van der Waals surface area contributed by atoms with Gasteiger partial charge in [0.1, 0.15) is 78.3 Å². The molecule has 15 amide bonds. The van der Waals surface area contributed by atoms with Crippen LogP contribution in [0, 0.1) is 5.92 Å². The van der Waals surface area contributed by atoms with Crippen molar-refractivity contribution < 1.29 is 136 Å². The summed E-state index contributed by atoms with van der Waals surface area (Å²) in [4.78, 5) is 259. The highest BCUT2D eigenvalue weighted by Crippen LogP contribution is 2.37. The summed E-state index contributed by atoms with van der Waals surface area (Å²) in [6.45, 7) is 2.99. The smallest absolute Gasteiger partial charge is 0.481 e. The normalized spacial score (nSPS) is 17.5. The number of carboxylic acid groups (broad SMARTS) is 3. The van der Waals surface area contributed by atoms with Crippen LogP contribution in [0.5, 0.6) is 5.75 Å². The number of likely N-dealkylation sites (tertiary alicyclic amines) is 2. The average Bonchev–Trinajstić information content (AvgIpc) is 1.74. The number of aliphatic hydroxyl groups is 3. The number of nitrogens with one attached hydrogen (secondary N) is 10. The molecule has 0 saturated carbocycles. The zero-order valence-electron chi connectivity index (χ0n) is 58.8. The Morgan fingerprint density at radius 2 is 0.944 bits per heavy atom. The summed E-state index contributed by atoms with van der Waals surface area (Å²) in [5, 5.41) is 81.5. The van der Waals surface area contributed by atoms with Crippen LogP contribution in [0.2, 0.25) is 0 Å². The maximum atomic E-state index is 14.8. The predicted octanol–water partition coefficient (Wildman–Crippen LogP) is -9.49. The average molecular weight is 1540 g/mol. The number of nitrogens with zero attached hydrogens (tertiary/aromatic N) is 2. The van der Waals surface area contributed by atoms with Crippen molar-refractivity contribution in [3.63, 3.8) is 0 Å². The van der Waals surface area contributed by atoms with Crippen molar-refractivity contribution in [3.8, 4) is 5.75 Å². The fraction of sp³-hybridized carbons (Fsp3) is 0.613. The number of phosphoric ester groups is 1. The van der Waals surface area contributed by atoms with Crippen molar-refractivity contribution in [2.75, 3.05) is 26.2 Å². The molecular weight excluding hydrogens is 1450 g/mol. The fourth-order valence-corrected chi connectivity index (χ4v) is 11.4. The standard InChI is InChI=1S/C62H95N16O28P/c1-28(2)23-39(62(101)102)74-54(93)38(25-45(65)84)73-51(90)33(15-19-47(86)87)68-46(85)26-67-56(95)41-7-5-21-77(41)60(99)35(14-18-44(64)83)70-53(92)37(24-31-9-11-32(12-10-31)106-107(103,104)105)72-52(91)34(13-17-43(63)82)69-57(96)42-8-6-22-78(42)61(100)36(16-20-48(88)89)71-59(98)50(30(4)81)76-55(94)40(27-79)75-58(97)49(66)29(3)80/h9-12,28-30,33-42,49-50,79-81H,5-8,13-27,66H2,1-4H3,(H2,63,82)(H2,64,83)(H2,65,84)(H,67,95)(H,68,85)(H,69,96)(H,70,92)(H,71,98)(H,72,91)(H,73,90)(H,74,93)(H,75,97)(H,76,94)(H,86,87)(H,88,89)(H,101,102)(H2,103,104,105)/t29-,30-,33+,34+,35+,36+,37+,38+,39+,40+,41+,42+,49+,50+/m1/s1. The van der Waals surface area contributed by atoms with Crippen LogP contribution >= 0.6 is 7.82 Å². The van der Waals surface area contributed by atoms with Gasteiger partial charge < -0.3 is 121 Å². The molecule has 45 heteroatoms. The Morgan fingerprint density at radius 3 is 1.41 bits per heavy atom. The summed E-state index contributed by atoms with van der Waals surface area (Å²) < 4.78 is 16.3. The second-order valence-electron chi connectivity index (χ2n) is 25.8. The second-order valence-corrected chi connectivity index (χ2v) is 26.9. The first-order valence-electron chi connectivity index (χ1n) is 33.6. The fourth-order valence-electron chi connectivity index (χ4n) is 11.0. The van der Waals surface area contributed by atoms with E-state index in [4.69, 9.17) is 22.9 Å². The van der Waals surface area contributed by atoms with Crippen LogP contribution in [0.4, 0.5) is 0 Å². The van der Waals surface area contributed by atoms with Gasteiger partial charge in [-0.3, -0.25) is 91.3 Å². The molecule has 1 aromatic carbocycles. The van der Waals surface area contributed by atoms with Gasteiger partial charge in [-0.15, -0.1) is 0 Å². The Morgan fingerprint density at radius 1 is 0.514 bits per heavy atom. The molecule has 0 aliphatic carbocycles. The molecule has 596 valence electrons. The summed E-state index contributed by atoms with van der Waals surface area (Å²) in [5.41, 5.74) is 21.9. The van der Waals surface area contributed by atoms with Crippen molar-refractivity contribution in [2.24, 2.45) is 28.9 Å². The highest BCUT2D eigenvalue weighted by molar-refractivity contribution is 7.46. The lowest BCUT2D eigenvalue weighted by atomic mass is 10.0.